The second-order valence-electron chi connectivity index (χ2n) is 12.5. The maximum atomic E-state index is 13.6. The highest BCUT2D eigenvalue weighted by Gasteiger charge is 2.32. The summed E-state index contributed by atoms with van der Waals surface area (Å²) in [6.07, 6.45) is 0.0832. The fourth-order valence-corrected chi connectivity index (χ4v) is 6.60. The number of methoxy groups -OCH3 is 1. The van der Waals surface area contributed by atoms with E-state index >= 15 is 0 Å². The van der Waals surface area contributed by atoms with Crippen molar-refractivity contribution in [2.24, 2.45) is 0 Å². The van der Waals surface area contributed by atoms with Gasteiger partial charge >= 0.3 is 5.97 Å². The Morgan fingerprint density at radius 3 is 2.43 bits per heavy atom. The molecular weight excluding hydrogens is 737 g/mol. The molecule has 0 aliphatic carbocycles. The van der Waals surface area contributed by atoms with E-state index in [-0.39, 0.29) is 24.4 Å². The molecule has 0 saturated carbocycles. The Labute approximate surface area is 323 Å². The highest BCUT2D eigenvalue weighted by atomic mass is 35.5. The van der Waals surface area contributed by atoms with Gasteiger partial charge in [0.05, 0.1) is 34.8 Å². The van der Waals surface area contributed by atoms with E-state index in [0.29, 0.717) is 64.6 Å². The van der Waals surface area contributed by atoms with E-state index in [1.165, 1.54) is 7.11 Å². The standard InChI is InChI=1S/C41H33Cl2N3O6.ClH/c1-49-41(48)39(29-4-2-3-28(16-29)26-8-5-24(20-44)6-9-26)46-40(47)35-17-30-18-36-37(19-31(30)21-45-35)52-38(23-51-36)27-10-12-32(13-11-27)50-22-25-7-14-33(42)34(43)15-25;/h2-16,18-19,35,38-39,45H,17,21-23H2,1H3,(H,46,47);1H/t35-,38?,39-;/m0./s1. The maximum absolute atomic E-state index is 13.6. The van der Waals surface area contributed by atoms with Crippen molar-refractivity contribution in [3.8, 4) is 34.4 Å². The summed E-state index contributed by atoms with van der Waals surface area (Å²) in [5, 5.41) is 16.3. The number of carbonyl (C=O) groups excluding carboxylic acids is 2. The second kappa shape index (κ2) is 16.6. The number of benzene rings is 5. The van der Waals surface area contributed by atoms with Gasteiger partial charge in [-0.2, -0.15) is 5.26 Å². The van der Waals surface area contributed by atoms with Crippen LogP contribution in [0.3, 0.4) is 0 Å². The minimum absolute atomic E-state index is 0. The molecule has 53 heavy (non-hydrogen) atoms. The number of hydrogen-bond acceptors (Lipinski definition) is 8. The van der Waals surface area contributed by atoms with Crippen LogP contribution in [0.25, 0.3) is 11.1 Å². The lowest BCUT2D eigenvalue weighted by Gasteiger charge is -2.31. The van der Waals surface area contributed by atoms with Crippen molar-refractivity contribution in [1.29, 1.82) is 5.26 Å². The number of halogens is 3. The first-order chi connectivity index (χ1) is 25.3. The molecule has 0 spiro atoms. The van der Waals surface area contributed by atoms with Crippen LogP contribution in [0.4, 0.5) is 0 Å². The molecule has 1 amide bonds. The van der Waals surface area contributed by atoms with Crippen molar-refractivity contribution < 1.29 is 28.5 Å². The number of rotatable bonds is 9. The summed E-state index contributed by atoms with van der Waals surface area (Å²) in [4.78, 5) is 26.5. The first-order valence-electron chi connectivity index (χ1n) is 16.6. The Morgan fingerprint density at radius 1 is 0.925 bits per heavy atom. The molecule has 12 heteroatoms. The molecule has 2 aliphatic rings. The number of esters is 1. The van der Waals surface area contributed by atoms with Crippen LogP contribution >= 0.6 is 35.6 Å². The average Bonchev–Trinajstić information content (AvgIpc) is 3.19. The molecule has 0 bridgehead atoms. The van der Waals surface area contributed by atoms with Crippen molar-refractivity contribution in [2.75, 3.05) is 13.7 Å². The third-order valence-electron chi connectivity index (χ3n) is 9.14. The van der Waals surface area contributed by atoms with Gasteiger partial charge in [-0.15, -0.1) is 12.4 Å². The van der Waals surface area contributed by atoms with E-state index in [1.807, 2.05) is 72.8 Å². The Balaban J connectivity index is 0.00000481. The molecule has 2 N–H and O–H groups in total. The van der Waals surface area contributed by atoms with Crippen LogP contribution in [0.2, 0.25) is 10.0 Å². The first kappa shape index (κ1) is 37.5. The molecule has 1 unspecified atom stereocenters. The van der Waals surface area contributed by atoms with Crippen LogP contribution < -0.4 is 24.8 Å². The number of nitrogens with zero attached hydrogens (tertiary/aromatic N) is 1. The second-order valence-corrected chi connectivity index (χ2v) is 13.3. The van der Waals surface area contributed by atoms with Gasteiger partial charge in [0.15, 0.2) is 23.6 Å². The van der Waals surface area contributed by atoms with Crippen LogP contribution in [0.5, 0.6) is 17.2 Å². The van der Waals surface area contributed by atoms with Crippen LogP contribution in [0.15, 0.2) is 103 Å². The summed E-state index contributed by atoms with van der Waals surface area (Å²) in [5.74, 6) is 1.04. The molecule has 9 nitrogen and oxygen atoms in total. The van der Waals surface area contributed by atoms with E-state index in [9.17, 15) is 9.59 Å². The van der Waals surface area contributed by atoms with E-state index in [1.54, 1.807) is 30.3 Å². The minimum atomic E-state index is -1.01. The largest absolute Gasteiger partial charge is 0.489 e. The summed E-state index contributed by atoms with van der Waals surface area (Å²) in [5.41, 5.74) is 6.67. The van der Waals surface area contributed by atoms with Crippen molar-refractivity contribution in [3.05, 3.63) is 147 Å². The predicted molar refractivity (Wildman–Crippen MR) is 204 cm³/mol. The number of amides is 1. The fourth-order valence-electron chi connectivity index (χ4n) is 6.28. The predicted octanol–water partition coefficient (Wildman–Crippen LogP) is 8.09. The number of nitrogens with one attached hydrogen (secondary N) is 2. The summed E-state index contributed by atoms with van der Waals surface area (Å²) in [6.45, 7) is 1.10. The van der Waals surface area contributed by atoms with Crippen molar-refractivity contribution in [2.45, 2.75) is 37.8 Å². The van der Waals surface area contributed by atoms with Crippen LogP contribution in [0.1, 0.15) is 45.5 Å². The maximum Gasteiger partial charge on any atom is 0.333 e. The third kappa shape index (κ3) is 8.54. The van der Waals surface area contributed by atoms with Crippen molar-refractivity contribution in [3.63, 3.8) is 0 Å². The minimum Gasteiger partial charge on any atom is -0.489 e. The zero-order valence-electron chi connectivity index (χ0n) is 28.4. The molecule has 7 rings (SSSR count). The molecule has 2 aliphatic heterocycles. The molecule has 3 atom stereocenters. The van der Waals surface area contributed by atoms with E-state index < -0.39 is 18.1 Å². The highest BCUT2D eigenvalue weighted by molar-refractivity contribution is 6.42. The summed E-state index contributed by atoms with van der Waals surface area (Å²) in [6, 6.07) is 32.0. The van der Waals surface area contributed by atoms with E-state index in [4.69, 9.17) is 47.4 Å². The molecule has 0 aromatic heterocycles. The van der Waals surface area contributed by atoms with Gasteiger partial charge in [0.1, 0.15) is 19.0 Å². The number of fused-ring (bicyclic) bond motifs is 2. The molecule has 2 heterocycles. The van der Waals surface area contributed by atoms with Gasteiger partial charge < -0.3 is 29.6 Å². The zero-order chi connectivity index (χ0) is 36.2. The van der Waals surface area contributed by atoms with Crippen LogP contribution in [0, 0.1) is 11.3 Å². The van der Waals surface area contributed by atoms with E-state index in [2.05, 4.69) is 16.7 Å². The van der Waals surface area contributed by atoms with Crippen LogP contribution in [-0.4, -0.2) is 31.6 Å². The van der Waals surface area contributed by atoms with Crippen molar-refractivity contribution in [1.82, 2.24) is 10.6 Å². The molecule has 5 aromatic carbocycles. The molecule has 0 fully saturated rings. The smallest absolute Gasteiger partial charge is 0.333 e. The average molecular weight is 771 g/mol. The fraction of sp³-hybridized carbons (Fsp3) is 0.195. The Hall–Kier alpha value is -5.24. The molecule has 0 radical (unpaired) electrons. The van der Waals surface area contributed by atoms with Gasteiger partial charge in [0, 0.05) is 6.54 Å². The molecule has 0 saturated heterocycles. The van der Waals surface area contributed by atoms with E-state index in [0.717, 1.165) is 33.4 Å². The quantitative estimate of drug-likeness (QED) is 0.145. The Morgan fingerprint density at radius 2 is 1.70 bits per heavy atom. The Bertz CT molecular complexity index is 2170. The number of hydrogen-bond donors (Lipinski definition) is 2. The lowest BCUT2D eigenvalue weighted by molar-refractivity contribution is -0.145. The van der Waals surface area contributed by atoms with Gasteiger partial charge in [-0.3, -0.25) is 4.79 Å². The number of carbonyl (C=O) groups is 2. The van der Waals surface area contributed by atoms with Gasteiger partial charge in [0.2, 0.25) is 5.91 Å². The van der Waals surface area contributed by atoms with Gasteiger partial charge in [0.25, 0.3) is 0 Å². The van der Waals surface area contributed by atoms with Crippen LogP contribution in [-0.2, 0) is 33.9 Å². The highest BCUT2D eigenvalue weighted by Crippen LogP contribution is 2.40. The topological polar surface area (TPSA) is 119 Å². The SMILES string of the molecule is COC(=O)[C@@H](NC(=O)[C@@H]1Cc2cc3c(cc2CN1)OC(c1ccc(OCc2ccc(Cl)c(Cl)c2)cc1)CO3)c1cccc(-c2ccc(C#N)cc2)c1.Cl. The number of ether oxygens (including phenoxy) is 4. The van der Waals surface area contributed by atoms with Crippen molar-refractivity contribution >= 4 is 47.5 Å². The molecule has 270 valence electrons. The normalized spacial score (nSPS) is 16.2. The molecule has 5 aromatic rings. The zero-order valence-corrected chi connectivity index (χ0v) is 30.8. The number of nitriles is 1. The first-order valence-corrected chi connectivity index (χ1v) is 17.4. The van der Waals surface area contributed by atoms with Gasteiger partial charge in [-0.1, -0.05) is 71.7 Å². The van der Waals surface area contributed by atoms with Gasteiger partial charge in [-0.25, -0.2) is 4.79 Å². The summed E-state index contributed by atoms with van der Waals surface area (Å²) >= 11 is 12.1. The third-order valence-corrected chi connectivity index (χ3v) is 9.88. The monoisotopic (exact) mass is 769 g/mol. The summed E-state index contributed by atoms with van der Waals surface area (Å²) < 4.78 is 23.5. The summed E-state index contributed by atoms with van der Waals surface area (Å²) in [7, 11) is 1.29. The lowest BCUT2D eigenvalue weighted by Crippen LogP contribution is -2.49. The lowest BCUT2D eigenvalue weighted by atomic mass is 9.93. The molecular formula is C41H34Cl3N3O6. The Kier molecular flexibility index (Phi) is 11.8. The van der Waals surface area contributed by atoms with Gasteiger partial charge in [-0.05, 0) is 100.0 Å².